The van der Waals surface area contributed by atoms with E-state index in [0.717, 1.165) is 56.2 Å². The summed E-state index contributed by atoms with van der Waals surface area (Å²) in [7, 11) is 2.20. The van der Waals surface area contributed by atoms with E-state index in [-0.39, 0.29) is 12.0 Å². The maximum absolute atomic E-state index is 13.0. The number of likely N-dealkylation sites (tertiary alicyclic amines) is 1. The summed E-state index contributed by atoms with van der Waals surface area (Å²) in [5.74, 6) is -0.490. The van der Waals surface area contributed by atoms with Gasteiger partial charge >= 0.3 is 5.97 Å². The van der Waals surface area contributed by atoms with Crippen molar-refractivity contribution >= 4 is 5.97 Å². The maximum Gasteiger partial charge on any atom is 0.343 e. The number of carbonyl (C=O) groups is 1. The number of rotatable bonds is 5. The molecule has 3 atom stereocenters. The standard InChI is InChI=1S/C20H30NO3/c1-3-21(2)14-13-18(15-21)24-19(22)20(23,17-11-7-8-12-17)16-9-5-4-6-10-16/h4-6,9-10,17-18,23H,3,7-8,11-15H2,1-2H3/q+1/t18-,20?,21?/m1/s1. The molecule has 2 unspecified atom stereocenters. The van der Waals surface area contributed by atoms with Crippen LogP contribution in [0.15, 0.2) is 30.3 Å². The first kappa shape index (κ1) is 17.4. The van der Waals surface area contributed by atoms with E-state index in [9.17, 15) is 9.90 Å². The van der Waals surface area contributed by atoms with Gasteiger partial charge in [0.2, 0.25) is 0 Å². The Morgan fingerprint density at radius 2 is 1.92 bits per heavy atom. The fraction of sp³-hybridized carbons (Fsp3) is 0.650. The normalized spacial score (nSPS) is 30.2. The van der Waals surface area contributed by atoms with Gasteiger partial charge in [-0.1, -0.05) is 43.2 Å². The largest absolute Gasteiger partial charge is 0.454 e. The molecule has 1 saturated carbocycles. The summed E-state index contributed by atoms with van der Waals surface area (Å²) in [6.45, 7) is 5.09. The Balaban J connectivity index is 1.80. The molecule has 0 amide bonds. The molecular formula is C20H30NO3+. The molecule has 0 bridgehead atoms. The van der Waals surface area contributed by atoms with Crippen molar-refractivity contribution in [3.05, 3.63) is 35.9 Å². The summed E-state index contributed by atoms with van der Waals surface area (Å²) in [5, 5.41) is 11.4. The smallest absolute Gasteiger partial charge is 0.343 e. The second-order valence-corrected chi connectivity index (χ2v) is 7.77. The van der Waals surface area contributed by atoms with Gasteiger partial charge in [-0.25, -0.2) is 4.79 Å². The van der Waals surface area contributed by atoms with Crippen LogP contribution < -0.4 is 0 Å². The SMILES string of the molecule is CC[N+]1(C)CC[C@@H](OC(=O)C(O)(c2ccccc2)C2CCCC2)C1. The lowest BCUT2D eigenvalue weighted by molar-refractivity contribution is -0.897. The van der Waals surface area contributed by atoms with E-state index in [4.69, 9.17) is 4.74 Å². The van der Waals surface area contributed by atoms with Crippen LogP contribution in [0.1, 0.15) is 44.6 Å². The van der Waals surface area contributed by atoms with Crippen LogP contribution in [0.2, 0.25) is 0 Å². The molecule has 1 aliphatic carbocycles. The van der Waals surface area contributed by atoms with E-state index in [1.165, 1.54) is 0 Å². The first-order chi connectivity index (χ1) is 11.5. The van der Waals surface area contributed by atoms with E-state index in [1.807, 2.05) is 30.3 Å². The predicted molar refractivity (Wildman–Crippen MR) is 93.3 cm³/mol. The molecule has 0 radical (unpaired) electrons. The van der Waals surface area contributed by atoms with Gasteiger partial charge in [-0.05, 0) is 25.3 Å². The highest BCUT2D eigenvalue weighted by Crippen LogP contribution is 2.42. The quantitative estimate of drug-likeness (QED) is 0.666. The summed E-state index contributed by atoms with van der Waals surface area (Å²) in [5.41, 5.74) is -0.830. The molecule has 1 aliphatic heterocycles. The molecule has 1 aromatic rings. The highest BCUT2D eigenvalue weighted by Gasteiger charge is 2.49. The lowest BCUT2D eigenvalue weighted by Gasteiger charge is -2.33. The molecule has 0 aromatic heterocycles. The van der Waals surface area contributed by atoms with Crippen molar-refractivity contribution in [1.29, 1.82) is 0 Å². The van der Waals surface area contributed by atoms with Gasteiger partial charge in [0, 0.05) is 12.3 Å². The first-order valence-electron chi connectivity index (χ1n) is 9.30. The number of esters is 1. The van der Waals surface area contributed by atoms with Crippen LogP contribution in [-0.4, -0.2) is 48.3 Å². The van der Waals surface area contributed by atoms with Crippen molar-refractivity contribution < 1.29 is 19.1 Å². The van der Waals surface area contributed by atoms with Crippen LogP contribution in [0.5, 0.6) is 0 Å². The predicted octanol–water partition coefficient (Wildman–Crippen LogP) is 2.85. The average Bonchev–Trinajstić information content (AvgIpc) is 3.26. The fourth-order valence-corrected chi connectivity index (χ4v) is 4.31. The summed E-state index contributed by atoms with van der Waals surface area (Å²) in [4.78, 5) is 13.0. The lowest BCUT2D eigenvalue weighted by atomic mass is 9.80. The van der Waals surface area contributed by atoms with Gasteiger partial charge < -0.3 is 14.3 Å². The van der Waals surface area contributed by atoms with Gasteiger partial charge in [0.1, 0.15) is 6.54 Å². The number of benzene rings is 1. The van der Waals surface area contributed by atoms with Crippen molar-refractivity contribution in [1.82, 2.24) is 0 Å². The molecule has 4 heteroatoms. The minimum Gasteiger partial charge on any atom is -0.454 e. The third-order valence-corrected chi connectivity index (χ3v) is 6.14. The molecule has 2 aliphatic rings. The van der Waals surface area contributed by atoms with Gasteiger partial charge in [0.15, 0.2) is 11.7 Å². The Bertz CT molecular complexity index is 570. The zero-order chi connectivity index (χ0) is 17.2. The molecule has 1 saturated heterocycles. The van der Waals surface area contributed by atoms with Gasteiger partial charge in [-0.3, -0.25) is 0 Å². The number of hydrogen-bond donors (Lipinski definition) is 1. The van der Waals surface area contributed by atoms with Crippen molar-refractivity contribution in [3.63, 3.8) is 0 Å². The summed E-state index contributed by atoms with van der Waals surface area (Å²) < 4.78 is 6.77. The van der Waals surface area contributed by atoms with Crippen LogP contribution in [-0.2, 0) is 15.1 Å². The second-order valence-electron chi connectivity index (χ2n) is 7.77. The molecule has 4 nitrogen and oxygen atoms in total. The second kappa shape index (κ2) is 6.85. The number of quaternary nitrogens is 1. The van der Waals surface area contributed by atoms with Crippen molar-refractivity contribution in [3.8, 4) is 0 Å². The lowest BCUT2D eigenvalue weighted by Crippen LogP contribution is -2.46. The van der Waals surface area contributed by atoms with Crippen molar-refractivity contribution in [2.24, 2.45) is 5.92 Å². The molecule has 132 valence electrons. The number of likely N-dealkylation sites (N-methyl/N-ethyl adjacent to an activating group) is 1. The minimum atomic E-state index is -1.50. The van der Waals surface area contributed by atoms with Gasteiger partial charge in [-0.15, -0.1) is 0 Å². The Hall–Kier alpha value is -1.39. The van der Waals surface area contributed by atoms with Crippen molar-refractivity contribution in [2.45, 2.75) is 50.7 Å². The van der Waals surface area contributed by atoms with E-state index >= 15 is 0 Å². The Labute approximate surface area is 145 Å². The molecule has 1 aromatic carbocycles. The number of carbonyl (C=O) groups excluding carboxylic acids is 1. The molecule has 1 N–H and O–H groups in total. The van der Waals surface area contributed by atoms with Gasteiger partial charge in [0.25, 0.3) is 0 Å². The first-order valence-corrected chi connectivity index (χ1v) is 9.30. The Morgan fingerprint density at radius 1 is 1.25 bits per heavy atom. The summed E-state index contributed by atoms with van der Waals surface area (Å²) in [6.07, 6.45) is 4.70. The molecule has 3 rings (SSSR count). The fourth-order valence-electron chi connectivity index (χ4n) is 4.31. The van der Waals surface area contributed by atoms with Crippen LogP contribution in [0.4, 0.5) is 0 Å². The Morgan fingerprint density at radius 3 is 2.50 bits per heavy atom. The van der Waals surface area contributed by atoms with Crippen LogP contribution in [0.25, 0.3) is 0 Å². The van der Waals surface area contributed by atoms with Gasteiger partial charge in [0.05, 0.1) is 20.1 Å². The monoisotopic (exact) mass is 332 g/mol. The third kappa shape index (κ3) is 3.22. The molecule has 0 spiro atoms. The highest BCUT2D eigenvalue weighted by atomic mass is 16.6. The van der Waals surface area contributed by atoms with E-state index < -0.39 is 11.6 Å². The van der Waals surface area contributed by atoms with E-state index in [0.29, 0.717) is 5.56 Å². The third-order valence-electron chi connectivity index (χ3n) is 6.14. The maximum atomic E-state index is 13.0. The van der Waals surface area contributed by atoms with Crippen LogP contribution >= 0.6 is 0 Å². The number of aliphatic hydroxyl groups is 1. The van der Waals surface area contributed by atoms with Crippen LogP contribution in [0, 0.1) is 5.92 Å². The number of hydrogen-bond acceptors (Lipinski definition) is 3. The highest BCUT2D eigenvalue weighted by molar-refractivity contribution is 5.81. The molecule has 24 heavy (non-hydrogen) atoms. The molecule has 2 fully saturated rings. The summed E-state index contributed by atoms with van der Waals surface area (Å²) >= 11 is 0. The zero-order valence-electron chi connectivity index (χ0n) is 14.9. The molecular weight excluding hydrogens is 302 g/mol. The minimum absolute atomic E-state index is 0.0409. The summed E-state index contributed by atoms with van der Waals surface area (Å²) in [6, 6.07) is 9.36. The zero-order valence-corrected chi connectivity index (χ0v) is 14.9. The van der Waals surface area contributed by atoms with E-state index in [2.05, 4.69) is 14.0 Å². The number of ether oxygens (including phenoxy) is 1. The topological polar surface area (TPSA) is 46.5 Å². The van der Waals surface area contributed by atoms with Crippen LogP contribution in [0.3, 0.4) is 0 Å². The number of nitrogens with zero attached hydrogens (tertiary/aromatic N) is 1. The van der Waals surface area contributed by atoms with Gasteiger partial charge in [-0.2, -0.15) is 0 Å². The van der Waals surface area contributed by atoms with E-state index in [1.54, 1.807) is 0 Å². The molecule has 1 heterocycles. The average molecular weight is 332 g/mol. The van der Waals surface area contributed by atoms with Crippen molar-refractivity contribution in [2.75, 3.05) is 26.7 Å². The Kier molecular flexibility index (Phi) is 4.97.